The van der Waals surface area contributed by atoms with Crippen molar-refractivity contribution in [3.63, 3.8) is 0 Å². The Hall–Kier alpha value is -5.42. The molecule has 5 heterocycles. The number of hydrogen-bond donors (Lipinski definition) is 4. The van der Waals surface area contributed by atoms with Crippen LogP contribution in [0.3, 0.4) is 0 Å². The molecule has 2 aliphatic carbocycles. The molecule has 4 amide bonds. The minimum atomic E-state index is -1.02. The number of anilines is 5. The number of hydrogen-bond acceptors (Lipinski definition) is 12. The van der Waals surface area contributed by atoms with Gasteiger partial charge in [0.15, 0.2) is 5.82 Å². The highest BCUT2D eigenvalue weighted by Gasteiger charge is 2.55. The number of ether oxygens (including phenoxy) is 1. The monoisotopic (exact) mass is 911 g/mol. The predicted octanol–water partition coefficient (Wildman–Crippen LogP) is 6.17. The molecule has 354 valence electrons. The first kappa shape index (κ1) is 45.7. The number of halogens is 2. The zero-order valence-electron chi connectivity index (χ0n) is 38.3. The maximum absolute atomic E-state index is 15.4. The van der Waals surface area contributed by atoms with Crippen molar-refractivity contribution in [2.24, 2.45) is 11.3 Å². The number of fused-ring (bicyclic) bond motifs is 1. The number of aliphatic hydroxyl groups is 1. The van der Waals surface area contributed by atoms with Crippen molar-refractivity contribution in [3.05, 3.63) is 59.3 Å². The zero-order chi connectivity index (χ0) is 46.3. The van der Waals surface area contributed by atoms with Crippen molar-refractivity contribution in [3.8, 4) is 5.75 Å². The molecule has 2 aromatic carbocycles. The molecule has 0 bridgehead atoms. The highest BCUT2D eigenvalue weighted by atomic mass is 19.1. The van der Waals surface area contributed by atoms with Crippen LogP contribution in [0.4, 0.5) is 37.6 Å². The van der Waals surface area contributed by atoms with Crippen LogP contribution in [-0.4, -0.2) is 115 Å². The van der Waals surface area contributed by atoms with Crippen molar-refractivity contribution >= 4 is 52.5 Å². The van der Waals surface area contributed by atoms with Crippen LogP contribution in [0.2, 0.25) is 0 Å². The van der Waals surface area contributed by atoms with Gasteiger partial charge in [0.25, 0.3) is 5.91 Å². The van der Waals surface area contributed by atoms with Crippen LogP contribution in [0.25, 0.3) is 0 Å². The summed E-state index contributed by atoms with van der Waals surface area (Å²) in [6, 6.07) is 7.85. The average Bonchev–Trinajstić information content (AvgIpc) is 3.83. The van der Waals surface area contributed by atoms with Gasteiger partial charge in [-0.15, -0.1) is 0 Å². The Bertz CT molecular complexity index is 2320. The molecule has 6 aliphatic rings. The lowest BCUT2D eigenvalue weighted by Crippen LogP contribution is -2.64. The summed E-state index contributed by atoms with van der Waals surface area (Å²) in [4.78, 5) is 69.2. The van der Waals surface area contributed by atoms with E-state index in [1.807, 2.05) is 11.8 Å². The van der Waals surface area contributed by atoms with Crippen molar-refractivity contribution < 1.29 is 37.8 Å². The van der Waals surface area contributed by atoms with Crippen molar-refractivity contribution in [2.45, 2.75) is 120 Å². The molecule has 4 aliphatic heterocycles. The summed E-state index contributed by atoms with van der Waals surface area (Å²) >= 11 is 0. The van der Waals surface area contributed by atoms with Gasteiger partial charge in [-0.25, -0.2) is 13.8 Å². The van der Waals surface area contributed by atoms with Gasteiger partial charge in [-0.05, 0) is 125 Å². The summed E-state index contributed by atoms with van der Waals surface area (Å²) in [6.45, 7) is 6.07. The summed E-state index contributed by atoms with van der Waals surface area (Å²) in [6.07, 6.45) is 12.7. The lowest BCUT2D eigenvalue weighted by molar-refractivity contribution is -0.134. The number of likely N-dealkylation sites (tertiary alicyclic amines) is 1. The second kappa shape index (κ2) is 18.7. The molecule has 4 N–H and O–H groups in total. The highest BCUT2D eigenvalue weighted by molar-refractivity contribution is 6.04. The van der Waals surface area contributed by atoms with Crippen LogP contribution in [0.15, 0.2) is 36.5 Å². The number of carbonyl (C=O) groups is 4. The molecule has 9 rings (SSSR count). The maximum Gasteiger partial charge on any atom is 0.251 e. The van der Waals surface area contributed by atoms with Gasteiger partial charge >= 0.3 is 0 Å². The number of likely N-dealkylation sites (N-methyl/N-ethyl adjacent to an activating group) is 1. The van der Waals surface area contributed by atoms with Crippen LogP contribution in [-0.2, 0) is 14.4 Å². The number of piperidine rings is 3. The number of aliphatic hydroxyl groups excluding tert-OH is 1. The van der Waals surface area contributed by atoms with Crippen LogP contribution >= 0.6 is 0 Å². The zero-order valence-corrected chi connectivity index (χ0v) is 38.3. The predicted molar refractivity (Wildman–Crippen MR) is 246 cm³/mol. The summed E-state index contributed by atoms with van der Waals surface area (Å²) in [5.74, 6) is -1.94. The van der Waals surface area contributed by atoms with Crippen LogP contribution in [0, 0.1) is 23.0 Å². The van der Waals surface area contributed by atoms with Gasteiger partial charge in [0, 0.05) is 68.1 Å². The molecule has 66 heavy (non-hydrogen) atoms. The largest absolute Gasteiger partial charge is 0.495 e. The average molecular weight is 912 g/mol. The minimum Gasteiger partial charge on any atom is -0.495 e. The molecule has 5 fully saturated rings. The third-order valence-corrected chi connectivity index (χ3v) is 15.5. The first-order chi connectivity index (χ1) is 31.8. The second-order valence-corrected chi connectivity index (χ2v) is 19.8. The van der Waals surface area contributed by atoms with E-state index in [0.717, 1.165) is 89.7 Å². The van der Waals surface area contributed by atoms with Gasteiger partial charge in [0.2, 0.25) is 23.7 Å². The van der Waals surface area contributed by atoms with Crippen molar-refractivity contribution in [1.29, 1.82) is 0 Å². The first-order valence-electron chi connectivity index (χ1n) is 23.9. The lowest BCUT2D eigenvalue weighted by Gasteiger charge is -2.59. The van der Waals surface area contributed by atoms with E-state index in [-0.39, 0.29) is 54.3 Å². The van der Waals surface area contributed by atoms with Crippen molar-refractivity contribution in [1.82, 2.24) is 25.5 Å². The molecule has 2 saturated carbocycles. The van der Waals surface area contributed by atoms with E-state index in [1.165, 1.54) is 12.1 Å². The molecule has 15 nitrogen and oxygen atoms in total. The van der Waals surface area contributed by atoms with Gasteiger partial charge in [-0.2, -0.15) is 4.98 Å². The molecule has 1 unspecified atom stereocenters. The number of nitrogens with one attached hydrogen (secondary N) is 3. The SMILES string of the molecule is CC[C@@H]1C(=O)N(C)c2cnc(Nc3ccc(C(=O)NC4(CCO)CC5(CCN(C[C@@H]6CCCN(c7cc(F)c(C8CCC(=O)NC8=O)c(F)c7)C6)CC5)C4)cc3OC)nc2N1C1CCCC1. The Morgan fingerprint density at radius 1 is 1.00 bits per heavy atom. The van der Waals surface area contributed by atoms with Crippen LogP contribution in [0.1, 0.15) is 119 Å². The minimum absolute atomic E-state index is 0.0395. The molecule has 3 atom stereocenters. The summed E-state index contributed by atoms with van der Waals surface area (Å²) < 4.78 is 36.6. The van der Waals surface area contributed by atoms with Gasteiger partial charge in [0.05, 0.1) is 24.9 Å². The summed E-state index contributed by atoms with van der Waals surface area (Å²) in [7, 11) is 3.33. The molecule has 17 heteroatoms. The fourth-order valence-corrected chi connectivity index (χ4v) is 12.2. The third-order valence-electron chi connectivity index (χ3n) is 15.5. The Balaban J connectivity index is 0.798. The van der Waals surface area contributed by atoms with Gasteiger partial charge < -0.3 is 40.1 Å². The first-order valence-corrected chi connectivity index (χ1v) is 23.9. The molecule has 3 saturated heterocycles. The van der Waals surface area contributed by atoms with Gasteiger partial charge in [0.1, 0.15) is 29.1 Å². The van der Waals surface area contributed by atoms with E-state index in [1.54, 1.807) is 43.5 Å². The number of benzene rings is 2. The number of carbonyl (C=O) groups excluding carboxylic acids is 4. The standard InChI is InChI=1S/C49H63F2N9O6/c1-4-38-46(65)57(2)39-25-52-47(55-43(39)60(38)32-9-5-6-10-32)53-37-13-11-31(22-40(37)66-3)44(63)56-49(17-21-61)28-48(29-49)15-19-58(20-16-48)26-30-8-7-18-59(27-30)33-23-35(50)42(36(51)24-33)34-12-14-41(62)54-45(34)64/h11,13,22-25,30,32,34,38,61H,4-10,12,14-21,26-29H2,1-3H3,(H,56,63)(H,52,53,55)(H,54,62,64)/t30-,34?,38+/m0/s1. The lowest BCUT2D eigenvalue weighted by atomic mass is 9.52. The molecule has 1 spiro atoms. The van der Waals surface area contributed by atoms with E-state index in [0.29, 0.717) is 66.2 Å². The van der Waals surface area contributed by atoms with Crippen LogP contribution in [0.5, 0.6) is 5.75 Å². The number of imide groups is 1. The Kier molecular flexibility index (Phi) is 13.0. The van der Waals surface area contributed by atoms with E-state index in [2.05, 4.69) is 30.7 Å². The fraction of sp³-hybridized carbons (Fsp3) is 0.592. The van der Waals surface area contributed by atoms with E-state index >= 15 is 8.78 Å². The normalized spacial score (nSPS) is 24.2. The van der Waals surface area contributed by atoms with Crippen LogP contribution < -0.4 is 35.4 Å². The van der Waals surface area contributed by atoms with Gasteiger partial charge in [-0.1, -0.05) is 19.8 Å². The molecular weight excluding hydrogens is 849 g/mol. The Morgan fingerprint density at radius 2 is 1.74 bits per heavy atom. The van der Waals surface area contributed by atoms with E-state index < -0.39 is 34.9 Å². The maximum atomic E-state index is 15.4. The highest BCUT2D eigenvalue weighted by Crippen LogP contribution is 2.56. The topological polar surface area (TPSA) is 173 Å². The van der Waals surface area contributed by atoms with E-state index in [9.17, 15) is 24.3 Å². The Labute approximate surface area is 385 Å². The quantitative estimate of drug-likeness (QED) is 0.144. The molecular formula is C49H63F2N9O6. The number of nitrogens with zero attached hydrogens (tertiary/aromatic N) is 6. The Morgan fingerprint density at radius 3 is 2.42 bits per heavy atom. The number of aromatic nitrogens is 2. The number of methoxy groups -OCH3 is 1. The van der Waals surface area contributed by atoms with Crippen molar-refractivity contribution in [2.75, 3.05) is 73.5 Å². The second-order valence-electron chi connectivity index (χ2n) is 19.8. The summed E-state index contributed by atoms with van der Waals surface area (Å²) in [5.41, 5.74) is 1.46. The fourth-order valence-electron chi connectivity index (χ4n) is 12.2. The number of amides is 4. The van der Waals surface area contributed by atoms with E-state index in [4.69, 9.17) is 9.72 Å². The number of rotatable bonds is 13. The molecule has 3 aromatic rings. The van der Waals surface area contributed by atoms with Gasteiger partial charge in [-0.3, -0.25) is 24.5 Å². The summed E-state index contributed by atoms with van der Waals surface area (Å²) in [5, 5.41) is 19.0. The smallest absolute Gasteiger partial charge is 0.251 e. The molecule has 0 radical (unpaired) electrons. The molecule has 1 aromatic heterocycles. The third kappa shape index (κ3) is 8.92.